The van der Waals surface area contributed by atoms with Crippen LogP contribution < -0.4 is 10.4 Å². The summed E-state index contributed by atoms with van der Waals surface area (Å²) < 4.78 is 19.4. The van der Waals surface area contributed by atoms with Gasteiger partial charge in [0.25, 0.3) is 8.32 Å². The van der Waals surface area contributed by atoms with Crippen LogP contribution in [0.25, 0.3) is 0 Å². The third-order valence-corrected chi connectivity index (χ3v) is 18.1. The van der Waals surface area contributed by atoms with Crippen LogP contribution in [0.15, 0.2) is 60.7 Å². The standard InChI is InChI=1S/C32H52O4Si2/c1-10-37(11-2,12-3)36-31(26(4)23-24-30(33)34-9)27(5)25-35-38(32(6,7)8,28-19-15-13-16-20-28)29-21-17-14-18-22-29/h13-22,26-27,31H,10-12,23-25H2,1-9H3/t26-,27-,31-/m0/s1. The molecule has 0 bridgehead atoms. The summed E-state index contributed by atoms with van der Waals surface area (Å²) in [5.74, 6) is 0.251. The van der Waals surface area contributed by atoms with Crippen LogP contribution in [0.2, 0.25) is 23.2 Å². The Labute approximate surface area is 234 Å². The Morgan fingerprint density at radius 2 is 1.29 bits per heavy atom. The average Bonchev–Trinajstić information content (AvgIpc) is 2.93. The summed E-state index contributed by atoms with van der Waals surface area (Å²) in [7, 11) is -3.04. The molecule has 212 valence electrons. The first-order valence-electron chi connectivity index (χ1n) is 14.5. The number of carbonyl (C=O) groups excluding carboxylic acids is 1. The summed E-state index contributed by atoms with van der Waals surface area (Å²) in [5.41, 5.74) is 0. The van der Waals surface area contributed by atoms with E-state index in [-0.39, 0.29) is 28.9 Å². The lowest BCUT2D eigenvalue weighted by atomic mass is 9.90. The van der Waals surface area contributed by atoms with Crippen LogP contribution in [-0.2, 0) is 18.4 Å². The van der Waals surface area contributed by atoms with Crippen molar-refractivity contribution >= 4 is 33.0 Å². The van der Waals surface area contributed by atoms with Crippen LogP contribution in [0.1, 0.15) is 68.2 Å². The minimum Gasteiger partial charge on any atom is -0.469 e. The Morgan fingerprint density at radius 3 is 1.68 bits per heavy atom. The number of benzene rings is 2. The second-order valence-electron chi connectivity index (χ2n) is 11.9. The molecule has 0 heterocycles. The summed E-state index contributed by atoms with van der Waals surface area (Å²) in [6.45, 7) is 18.9. The fraction of sp³-hybridized carbons (Fsp3) is 0.594. The van der Waals surface area contributed by atoms with Crippen molar-refractivity contribution in [2.45, 2.75) is 97.5 Å². The van der Waals surface area contributed by atoms with Crippen LogP contribution in [-0.4, -0.2) is 42.4 Å². The molecule has 0 spiro atoms. The second kappa shape index (κ2) is 14.6. The van der Waals surface area contributed by atoms with Crippen molar-refractivity contribution < 1.29 is 18.4 Å². The van der Waals surface area contributed by atoms with Gasteiger partial charge >= 0.3 is 5.97 Å². The van der Waals surface area contributed by atoms with Crippen LogP contribution in [0.5, 0.6) is 0 Å². The number of ether oxygens (including phenoxy) is 1. The normalized spacial score (nSPS) is 15.1. The first-order valence-corrected chi connectivity index (χ1v) is 18.9. The lowest BCUT2D eigenvalue weighted by Gasteiger charge is -2.45. The van der Waals surface area contributed by atoms with Crippen LogP contribution in [0.4, 0.5) is 0 Å². The van der Waals surface area contributed by atoms with E-state index >= 15 is 0 Å². The van der Waals surface area contributed by atoms with Gasteiger partial charge in [0.15, 0.2) is 8.32 Å². The third-order valence-electron chi connectivity index (χ3n) is 8.45. The highest BCUT2D eigenvalue weighted by Gasteiger charge is 2.50. The largest absolute Gasteiger partial charge is 0.469 e. The van der Waals surface area contributed by atoms with Crippen LogP contribution in [0.3, 0.4) is 0 Å². The van der Waals surface area contributed by atoms with E-state index in [4.69, 9.17) is 13.6 Å². The van der Waals surface area contributed by atoms with E-state index < -0.39 is 16.6 Å². The monoisotopic (exact) mass is 556 g/mol. The van der Waals surface area contributed by atoms with Crippen molar-refractivity contribution in [3.8, 4) is 0 Å². The van der Waals surface area contributed by atoms with Crippen molar-refractivity contribution in [2.75, 3.05) is 13.7 Å². The zero-order chi connectivity index (χ0) is 28.4. The molecule has 3 atom stereocenters. The lowest BCUT2D eigenvalue weighted by molar-refractivity contribution is -0.141. The quantitative estimate of drug-likeness (QED) is 0.172. The molecule has 0 saturated carbocycles. The van der Waals surface area contributed by atoms with Crippen molar-refractivity contribution in [1.29, 1.82) is 0 Å². The Bertz CT molecular complexity index is 907. The van der Waals surface area contributed by atoms with Gasteiger partial charge in [-0.3, -0.25) is 4.79 Å². The summed E-state index contributed by atoms with van der Waals surface area (Å²) in [6.07, 6.45) is 1.20. The van der Waals surface area contributed by atoms with Crippen LogP contribution >= 0.6 is 0 Å². The summed E-state index contributed by atoms with van der Waals surface area (Å²) in [4.78, 5) is 12.0. The zero-order valence-corrected chi connectivity index (χ0v) is 27.4. The number of carbonyl (C=O) groups is 1. The number of hydrogen-bond donors (Lipinski definition) is 0. The van der Waals surface area contributed by atoms with Crippen LogP contribution in [0, 0.1) is 11.8 Å². The van der Waals surface area contributed by atoms with Gasteiger partial charge in [0.2, 0.25) is 0 Å². The highest BCUT2D eigenvalue weighted by atomic mass is 28.4. The van der Waals surface area contributed by atoms with Gasteiger partial charge in [-0.25, -0.2) is 0 Å². The van der Waals surface area contributed by atoms with E-state index in [1.165, 1.54) is 17.5 Å². The first kappa shape index (κ1) is 32.5. The summed E-state index contributed by atoms with van der Waals surface area (Å²) >= 11 is 0. The zero-order valence-electron chi connectivity index (χ0n) is 25.4. The Morgan fingerprint density at radius 1 is 0.816 bits per heavy atom. The third kappa shape index (κ3) is 7.68. The predicted octanol–water partition coefficient (Wildman–Crippen LogP) is 7.18. The van der Waals surface area contributed by atoms with E-state index in [0.29, 0.717) is 13.0 Å². The van der Waals surface area contributed by atoms with Gasteiger partial charge in [-0.2, -0.15) is 0 Å². The minimum atomic E-state index is -2.64. The molecule has 2 aromatic carbocycles. The van der Waals surface area contributed by atoms with E-state index in [1.54, 1.807) is 0 Å². The van der Waals surface area contributed by atoms with Gasteiger partial charge in [0.05, 0.1) is 13.2 Å². The van der Waals surface area contributed by atoms with Gasteiger partial charge in [-0.1, -0.05) is 116 Å². The van der Waals surface area contributed by atoms with Gasteiger partial charge in [-0.05, 0) is 45.9 Å². The molecule has 0 aliphatic heterocycles. The molecule has 0 aliphatic carbocycles. The average molecular weight is 557 g/mol. The second-order valence-corrected chi connectivity index (χ2v) is 20.9. The molecule has 0 aromatic heterocycles. The summed E-state index contributed by atoms with van der Waals surface area (Å²) in [5, 5.41) is 2.51. The van der Waals surface area contributed by atoms with E-state index in [9.17, 15) is 4.79 Å². The van der Waals surface area contributed by atoms with Crippen molar-refractivity contribution in [2.24, 2.45) is 11.8 Å². The molecule has 0 saturated heterocycles. The number of hydrogen-bond acceptors (Lipinski definition) is 4. The molecule has 0 fully saturated rings. The fourth-order valence-corrected chi connectivity index (χ4v) is 13.5. The molecule has 2 rings (SSSR count). The van der Waals surface area contributed by atoms with Crippen molar-refractivity contribution in [1.82, 2.24) is 0 Å². The van der Waals surface area contributed by atoms with Gasteiger partial charge in [0, 0.05) is 18.9 Å². The predicted molar refractivity (Wildman–Crippen MR) is 165 cm³/mol. The Hall–Kier alpha value is -1.74. The van der Waals surface area contributed by atoms with E-state index in [2.05, 4.69) is 116 Å². The summed E-state index contributed by atoms with van der Waals surface area (Å²) in [6, 6.07) is 24.9. The maximum atomic E-state index is 12.0. The highest BCUT2D eigenvalue weighted by molar-refractivity contribution is 6.99. The maximum absolute atomic E-state index is 12.0. The molecule has 0 N–H and O–H groups in total. The molecule has 4 nitrogen and oxygen atoms in total. The number of rotatable bonds is 15. The first-order chi connectivity index (χ1) is 18.0. The maximum Gasteiger partial charge on any atom is 0.305 e. The Kier molecular flexibility index (Phi) is 12.5. The van der Waals surface area contributed by atoms with Crippen molar-refractivity contribution in [3.05, 3.63) is 60.7 Å². The molecular formula is C32H52O4Si2. The molecule has 38 heavy (non-hydrogen) atoms. The fourth-order valence-electron chi connectivity index (χ4n) is 5.81. The number of esters is 1. The SMILES string of the molecule is CC[Si](CC)(CC)O[C@@H]([C@@H](C)CCC(=O)OC)[C@@H](C)CO[Si](c1ccccc1)(c1ccccc1)C(C)(C)C. The number of methoxy groups -OCH3 is 1. The van der Waals surface area contributed by atoms with Gasteiger partial charge < -0.3 is 13.6 Å². The minimum absolute atomic E-state index is 0.0318. The van der Waals surface area contributed by atoms with Gasteiger partial charge in [0.1, 0.15) is 0 Å². The van der Waals surface area contributed by atoms with Gasteiger partial charge in [-0.15, -0.1) is 0 Å². The molecule has 0 aliphatic rings. The Balaban J connectivity index is 2.47. The molecule has 2 aromatic rings. The van der Waals surface area contributed by atoms with E-state index in [0.717, 1.165) is 24.6 Å². The topological polar surface area (TPSA) is 44.8 Å². The molecule has 0 radical (unpaired) electrons. The molecule has 0 unspecified atom stereocenters. The molecular weight excluding hydrogens is 505 g/mol. The molecule has 6 heteroatoms. The highest BCUT2D eigenvalue weighted by Crippen LogP contribution is 2.38. The smallest absolute Gasteiger partial charge is 0.305 e. The lowest BCUT2D eigenvalue weighted by Crippen LogP contribution is -2.67. The molecule has 0 amide bonds. The van der Waals surface area contributed by atoms with Crippen molar-refractivity contribution in [3.63, 3.8) is 0 Å². The van der Waals surface area contributed by atoms with E-state index in [1.807, 2.05) is 0 Å².